The van der Waals surface area contributed by atoms with Crippen LogP contribution in [-0.4, -0.2) is 89.1 Å². The first kappa shape index (κ1) is 32.8. The highest BCUT2D eigenvalue weighted by atomic mass is 32.1. The minimum absolute atomic E-state index is 0.0287. The fourth-order valence-electron chi connectivity index (χ4n) is 6.58. The molecule has 1 atom stereocenters. The molecule has 13 heteroatoms. The predicted octanol–water partition coefficient (Wildman–Crippen LogP) is 6.22. The fraction of sp³-hybridized carbons (Fsp3) is 0.333. The van der Waals surface area contributed by atoms with Crippen LogP contribution >= 0.6 is 11.3 Å². The number of aromatic nitrogens is 4. The number of halogens is 2. The van der Waals surface area contributed by atoms with Crippen molar-refractivity contribution < 1.29 is 27.8 Å². The number of carbonyl (C=O) groups excluding carboxylic acids is 1. The Morgan fingerprint density at radius 3 is 2.65 bits per heavy atom. The molecule has 2 aliphatic rings. The maximum absolute atomic E-state index is 16.1. The van der Waals surface area contributed by atoms with Gasteiger partial charge in [-0.05, 0) is 43.6 Å². The van der Waals surface area contributed by atoms with Gasteiger partial charge in [0.2, 0.25) is 11.8 Å². The molecule has 2 aliphatic heterocycles. The summed E-state index contributed by atoms with van der Waals surface area (Å²) in [7, 11) is 3.61. The van der Waals surface area contributed by atoms with Crippen molar-refractivity contribution >= 4 is 27.3 Å². The van der Waals surface area contributed by atoms with Crippen molar-refractivity contribution in [2.24, 2.45) is 5.92 Å². The zero-order chi connectivity index (χ0) is 34.2. The molecule has 10 nitrogen and oxygen atoms in total. The minimum atomic E-state index is -0.793. The summed E-state index contributed by atoms with van der Waals surface area (Å²) in [4.78, 5) is 26.3. The molecule has 5 aromatic rings. The Morgan fingerprint density at radius 2 is 1.92 bits per heavy atom. The largest absolute Gasteiger partial charge is 0.490 e. The van der Waals surface area contributed by atoms with Crippen LogP contribution in [0, 0.1) is 17.6 Å². The quantitative estimate of drug-likeness (QED) is 0.119. The molecule has 1 saturated heterocycles. The standard InChI is InChI=1S/C36H36F2N6O4S/c1-5-31(45)43-9-10-44-28(21(43)2)16-27(41-44)35-33(32-26(38)14-24(37)15-29(32)47-12-11-46-4)36-25(8-13-49-36)34(40-35)23-6-7-30(39-17-23)48-20-22-18-42(3)19-22/h5-8,13-17,21-22H,1,9-12,18-20H2,2-4H3/t21-/m1/s1. The van der Waals surface area contributed by atoms with Crippen LogP contribution in [0.25, 0.3) is 43.9 Å². The third-order valence-corrected chi connectivity index (χ3v) is 9.93. The molecule has 1 amide bonds. The summed E-state index contributed by atoms with van der Waals surface area (Å²) in [5.74, 6) is -0.696. The highest BCUT2D eigenvalue weighted by molar-refractivity contribution is 7.18. The van der Waals surface area contributed by atoms with Crippen LogP contribution < -0.4 is 9.47 Å². The third-order valence-electron chi connectivity index (χ3n) is 9.00. The average molecular weight is 687 g/mol. The Labute approximate surface area is 286 Å². The summed E-state index contributed by atoms with van der Waals surface area (Å²) < 4.78 is 50.3. The second kappa shape index (κ2) is 13.7. The van der Waals surface area contributed by atoms with Crippen LogP contribution in [0.3, 0.4) is 0 Å². The molecular weight excluding hydrogens is 650 g/mol. The van der Waals surface area contributed by atoms with E-state index in [0.717, 1.165) is 40.5 Å². The molecule has 6 heterocycles. The monoisotopic (exact) mass is 686 g/mol. The molecule has 254 valence electrons. The van der Waals surface area contributed by atoms with Crippen LogP contribution in [-0.2, 0) is 16.1 Å². The molecule has 0 radical (unpaired) electrons. The maximum Gasteiger partial charge on any atom is 0.246 e. The van der Waals surface area contributed by atoms with Gasteiger partial charge in [0.25, 0.3) is 0 Å². The van der Waals surface area contributed by atoms with E-state index in [2.05, 4.69) is 23.5 Å². The third kappa shape index (κ3) is 6.29. The van der Waals surface area contributed by atoms with Crippen molar-refractivity contribution in [2.75, 3.05) is 53.6 Å². The van der Waals surface area contributed by atoms with E-state index in [1.807, 2.05) is 41.3 Å². The van der Waals surface area contributed by atoms with Gasteiger partial charge >= 0.3 is 0 Å². The van der Waals surface area contributed by atoms with E-state index >= 15 is 4.39 Å². The second-order valence-corrected chi connectivity index (χ2v) is 13.2. The first-order valence-corrected chi connectivity index (χ1v) is 16.9. The van der Waals surface area contributed by atoms with Gasteiger partial charge in [0.1, 0.15) is 35.4 Å². The minimum Gasteiger partial charge on any atom is -0.490 e. The molecule has 0 saturated carbocycles. The maximum atomic E-state index is 16.1. The first-order chi connectivity index (χ1) is 23.7. The van der Waals surface area contributed by atoms with Crippen molar-refractivity contribution in [1.29, 1.82) is 0 Å². The van der Waals surface area contributed by atoms with Crippen LogP contribution in [0.1, 0.15) is 18.7 Å². The lowest BCUT2D eigenvalue weighted by atomic mass is 9.96. The lowest BCUT2D eigenvalue weighted by Crippen LogP contribution is -2.46. The molecule has 0 aliphatic carbocycles. The number of methoxy groups -OCH3 is 1. The summed E-state index contributed by atoms with van der Waals surface area (Å²) in [5, 5.41) is 7.61. The molecule has 1 aromatic carbocycles. The number of pyridine rings is 2. The fourth-order valence-corrected chi connectivity index (χ4v) is 7.53. The molecule has 0 N–H and O–H groups in total. The number of ether oxygens (including phenoxy) is 3. The summed E-state index contributed by atoms with van der Waals surface area (Å²) >= 11 is 1.41. The van der Waals surface area contributed by atoms with Gasteiger partial charge in [-0.1, -0.05) is 6.58 Å². The van der Waals surface area contributed by atoms with Gasteiger partial charge in [0.15, 0.2) is 0 Å². The Hall–Kier alpha value is -4.72. The van der Waals surface area contributed by atoms with Crippen molar-refractivity contribution in [3.05, 3.63) is 78.0 Å². The zero-order valence-corrected chi connectivity index (χ0v) is 28.3. The second-order valence-electron chi connectivity index (χ2n) is 12.3. The van der Waals surface area contributed by atoms with E-state index in [9.17, 15) is 9.18 Å². The zero-order valence-electron chi connectivity index (χ0n) is 27.5. The number of rotatable bonds is 11. The van der Waals surface area contributed by atoms with Crippen LogP contribution in [0.5, 0.6) is 11.6 Å². The Morgan fingerprint density at radius 1 is 1.08 bits per heavy atom. The Bertz CT molecular complexity index is 2020. The van der Waals surface area contributed by atoms with E-state index in [0.29, 0.717) is 54.1 Å². The van der Waals surface area contributed by atoms with Crippen molar-refractivity contribution in [3.8, 4) is 45.4 Å². The van der Waals surface area contributed by atoms with Gasteiger partial charge in [0.05, 0.1) is 42.8 Å². The highest BCUT2D eigenvalue weighted by Gasteiger charge is 2.31. The van der Waals surface area contributed by atoms with Gasteiger partial charge < -0.3 is 24.0 Å². The normalized spacial score (nSPS) is 16.4. The number of thiophene rings is 1. The van der Waals surface area contributed by atoms with Crippen LogP contribution in [0.4, 0.5) is 8.78 Å². The molecular formula is C36H36F2N6O4S. The molecule has 4 aromatic heterocycles. The SMILES string of the molecule is C=CC(=O)N1CCn2nc(-c3nc(-c4ccc(OCC5CN(C)C5)nc4)c4ccsc4c3-c3c(F)cc(F)cc3OCCOC)cc2[C@H]1C. The Balaban J connectivity index is 1.38. The summed E-state index contributed by atoms with van der Waals surface area (Å²) in [6.07, 6.45) is 3.03. The Kier molecular flexibility index (Phi) is 9.14. The van der Waals surface area contributed by atoms with E-state index in [-0.39, 0.29) is 36.5 Å². The highest BCUT2D eigenvalue weighted by Crippen LogP contribution is 2.47. The van der Waals surface area contributed by atoms with Crippen molar-refractivity contribution in [1.82, 2.24) is 29.5 Å². The lowest BCUT2D eigenvalue weighted by molar-refractivity contribution is -0.129. The number of hydrogen-bond donors (Lipinski definition) is 0. The van der Waals surface area contributed by atoms with Crippen molar-refractivity contribution in [2.45, 2.75) is 19.5 Å². The van der Waals surface area contributed by atoms with Crippen molar-refractivity contribution in [3.63, 3.8) is 0 Å². The molecule has 0 bridgehead atoms. The lowest BCUT2D eigenvalue weighted by Gasteiger charge is -2.35. The molecule has 1 fully saturated rings. The number of likely N-dealkylation sites (tertiary alicyclic amines) is 1. The van der Waals surface area contributed by atoms with Gasteiger partial charge in [-0.15, -0.1) is 11.3 Å². The summed E-state index contributed by atoms with van der Waals surface area (Å²) in [5.41, 5.74) is 3.53. The predicted molar refractivity (Wildman–Crippen MR) is 184 cm³/mol. The topological polar surface area (TPSA) is 94.8 Å². The van der Waals surface area contributed by atoms with E-state index in [1.165, 1.54) is 30.6 Å². The number of fused-ring (bicyclic) bond motifs is 2. The van der Waals surface area contributed by atoms with E-state index in [1.54, 1.807) is 11.1 Å². The number of carbonyl (C=O) groups is 1. The molecule has 0 spiro atoms. The number of hydrogen-bond acceptors (Lipinski definition) is 9. The van der Waals surface area contributed by atoms with Gasteiger partial charge in [-0.25, -0.2) is 18.7 Å². The summed E-state index contributed by atoms with van der Waals surface area (Å²) in [6, 6.07) is 9.28. The number of nitrogens with zero attached hydrogens (tertiary/aromatic N) is 6. The average Bonchev–Trinajstić information content (AvgIpc) is 3.75. The van der Waals surface area contributed by atoms with Crippen LogP contribution in [0.2, 0.25) is 0 Å². The smallest absolute Gasteiger partial charge is 0.246 e. The van der Waals surface area contributed by atoms with Gasteiger partial charge in [-0.3, -0.25) is 9.48 Å². The van der Waals surface area contributed by atoms with E-state index in [4.69, 9.17) is 24.3 Å². The van der Waals surface area contributed by atoms with Crippen LogP contribution in [0.15, 0.2) is 60.6 Å². The number of amides is 1. The summed E-state index contributed by atoms with van der Waals surface area (Å²) in [6.45, 7) is 9.41. The molecule has 49 heavy (non-hydrogen) atoms. The molecule has 0 unspecified atom stereocenters. The van der Waals surface area contributed by atoms with Gasteiger partial charge in [0, 0.05) is 78.3 Å². The van der Waals surface area contributed by atoms with E-state index < -0.39 is 11.6 Å². The van der Waals surface area contributed by atoms with Gasteiger partial charge in [-0.2, -0.15) is 5.10 Å². The number of benzene rings is 1. The molecule has 7 rings (SSSR count). The first-order valence-electron chi connectivity index (χ1n) is 16.1.